The Morgan fingerprint density at radius 1 is 1.14 bits per heavy atom. The number of hydrogen-bond donors (Lipinski definition) is 2. The van der Waals surface area contributed by atoms with Crippen LogP contribution in [0.3, 0.4) is 0 Å². The number of aliphatic imine (C=N–C) groups is 1. The lowest BCUT2D eigenvalue weighted by Crippen LogP contribution is -2.20. The largest absolute Gasteiger partial charge is 0.497 e. The zero-order chi connectivity index (χ0) is 20.8. The normalized spacial score (nSPS) is 14.5. The molecule has 0 radical (unpaired) electrons. The van der Waals surface area contributed by atoms with Crippen molar-refractivity contribution in [1.82, 2.24) is 0 Å². The molecule has 1 aliphatic heterocycles. The average molecular weight is 413 g/mol. The minimum atomic E-state index is -0.373. The molecule has 2 aromatic carbocycles. The molecule has 0 saturated heterocycles. The summed E-state index contributed by atoms with van der Waals surface area (Å²) in [5.74, 6) is 0.846. The summed E-state index contributed by atoms with van der Waals surface area (Å²) >= 11 is 1.11. The Bertz CT molecular complexity index is 986. The minimum Gasteiger partial charge on any atom is -0.497 e. The van der Waals surface area contributed by atoms with E-state index < -0.39 is 0 Å². The van der Waals surface area contributed by atoms with Crippen LogP contribution >= 0.6 is 11.8 Å². The maximum absolute atomic E-state index is 12.1. The number of ether oxygens (including phenoxy) is 3. The Kier molecular flexibility index (Phi) is 6.40. The Labute approximate surface area is 171 Å². The highest BCUT2D eigenvalue weighted by Crippen LogP contribution is 2.31. The quantitative estimate of drug-likeness (QED) is 0.671. The van der Waals surface area contributed by atoms with Gasteiger partial charge in [-0.15, -0.1) is 0 Å². The minimum absolute atomic E-state index is 0.193. The van der Waals surface area contributed by atoms with Crippen LogP contribution < -0.4 is 25.3 Å². The van der Waals surface area contributed by atoms with Crippen molar-refractivity contribution in [1.29, 1.82) is 0 Å². The first-order valence-electron chi connectivity index (χ1n) is 8.51. The second-order valence-corrected chi connectivity index (χ2v) is 6.90. The fourth-order valence-electron chi connectivity index (χ4n) is 2.48. The van der Waals surface area contributed by atoms with Gasteiger partial charge in [0.05, 0.1) is 19.1 Å². The van der Waals surface area contributed by atoms with Crippen LogP contribution in [0.1, 0.15) is 5.56 Å². The lowest BCUT2D eigenvalue weighted by molar-refractivity contribution is -0.118. The molecule has 2 amide bonds. The number of methoxy groups -OCH3 is 2. The van der Waals surface area contributed by atoms with Crippen molar-refractivity contribution < 1.29 is 23.8 Å². The molecule has 0 saturated carbocycles. The molecule has 0 aliphatic carbocycles. The molecule has 0 unspecified atom stereocenters. The third-order valence-corrected chi connectivity index (χ3v) is 4.67. The number of carbonyl (C=O) groups is 2. The number of rotatable bonds is 7. The number of anilines is 1. The maximum atomic E-state index is 12.1. The third kappa shape index (κ3) is 5.29. The standard InChI is InChI=1S/C20H19N3O5S/c1-26-14-6-4-13(5-7-14)22-18(24)11-28-15-8-3-12(9-16(15)27-2)10-17-19(25)23-20(21)29-17/h3-10H,11H2,1-2H3,(H,22,24)(H2,21,23,25)/b17-10+. The summed E-state index contributed by atoms with van der Waals surface area (Å²) < 4.78 is 16.0. The van der Waals surface area contributed by atoms with Crippen molar-refractivity contribution in [2.75, 3.05) is 26.1 Å². The number of amidine groups is 1. The molecule has 1 aliphatic rings. The lowest BCUT2D eigenvalue weighted by Gasteiger charge is -2.12. The number of carbonyl (C=O) groups excluding carboxylic acids is 2. The van der Waals surface area contributed by atoms with Crippen LogP contribution in [0.15, 0.2) is 52.4 Å². The van der Waals surface area contributed by atoms with E-state index in [4.69, 9.17) is 19.9 Å². The van der Waals surface area contributed by atoms with Crippen LogP contribution in [0.5, 0.6) is 17.2 Å². The summed E-state index contributed by atoms with van der Waals surface area (Å²) in [7, 11) is 3.07. The topological polar surface area (TPSA) is 112 Å². The molecule has 1 heterocycles. The Morgan fingerprint density at radius 2 is 1.90 bits per heavy atom. The SMILES string of the molecule is COc1ccc(NC(=O)COc2ccc(/C=C3/SC(N)=NC3=O)cc2OC)cc1. The highest BCUT2D eigenvalue weighted by molar-refractivity contribution is 8.18. The molecule has 3 N–H and O–H groups in total. The summed E-state index contributed by atoms with van der Waals surface area (Å²) in [6.45, 7) is -0.193. The summed E-state index contributed by atoms with van der Waals surface area (Å²) in [5.41, 5.74) is 6.90. The van der Waals surface area contributed by atoms with E-state index in [1.54, 1.807) is 55.7 Å². The van der Waals surface area contributed by atoms with Crippen LogP contribution in [-0.2, 0) is 9.59 Å². The van der Waals surface area contributed by atoms with Crippen LogP contribution in [0.2, 0.25) is 0 Å². The molecule has 0 bridgehead atoms. The molecular weight excluding hydrogens is 394 g/mol. The summed E-state index contributed by atoms with van der Waals surface area (Å²) in [6, 6.07) is 12.1. The van der Waals surface area contributed by atoms with E-state index in [0.29, 0.717) is 27.8 Å². The van der Waals surface area contributed by atoms with Crippen LogP contribution in [0.4, 0.5) is 5.69 Å². The van der Waals surface area contributed by atoms with Gasteiger partial charge in [0.25, 0.3) is 11.8 Å². The summed E-state index contributed by atoms with van der Waals surface area (Å²) in [4.78, 5) is 27.9. The maximum Gasteiger partial charge on any atom is 0.286 e. The van der Waals surface area contributed by atoms with E-state index in [-0.39, 0.29) is 23.6 Å². The van der Waals surface area contributed by atoms with Gasteiger partial charge in [0.1, 0.15) is 5.75 Å². The van der Waals surface area contributed by atoms with Gasteiger partial charge < -0.3 is 25.3 Å². The Balaban J connectivity index is 1.62. The molecule has 29 heavy (non-hydrogen) atoms. The first-order chi connectivity index (χ1) is 14.0. The van der Waals surface area contributed by atoms with E-state index >= 15 is 0 Å². The smallest absolute Gasteiger partial charge is 0.286 e. The van der Waals surface area contributed by atoms with Gasteiger partial charge in [0, 0.05) is 5.69 Å². The number of hydrogen-bond acceptors (Lipinski definition) is 7. The second kappa shape index (κ2) is 9.16. The molecule has 0 spiro atoms. The van der Waals surface area contributed by atoms with Crippen molar-refractivity contribution in [2.24, 2.45) is 10.7 Å². The van der Waals surface area contributed by atoms with Crippen molar-refractivity contribution in [3.8, 4) is 17.2 Å². The number of benzene rings is 2. The van der Waals surface area contributed by atoms with E-state index in [1.807, 2.05) is 0 Å². The molecule has 3 rings (SSSR count). The van der Waals surface area contributed by atoms with Gasteiger partial charge in [-0.3, -0.25) is 9.59 Å². The Morgan fingerprint density at radius 3 is 2.52 bits per heavy atom. The highest BCUT2D eigenvalue weighted by atomic mass is 32.2. The number of amides is 2. The molecule has 8 nitrogen and oxygen atoms in total. The Hall–Kier alpha value is -3.46. The van der Waals surface area contributed by atoms with Crippen LogP contribution in [0.25, 0.3) is 6.08 Å². The molecule has 2 aromatic rings. The van der Waals surface area contributed by atoms with Gasteiger partial charge in [-0.05, 0) is 59.8 Å². The van der Waals surface area contributed by atoms with Gasteiger partial charge in [-0.25, -0.2) is 0 Å². The summed E-state index contributed by atoms with van der Waals surface area (Å²) in [5, 5.41) is 2.95. The second-order valence-electron chi connectivity index (χ2n) is 5.84. The predicted octanol–water partition coefficient (Wildman–Crippen LogP) is 2.65. The number of thioether (sulfide) groups is 1. The van der Waals surface area contributed by atoms with Gasteiger partial charge in [0.2, 0.25) is 0 Å². The molecule has 0 fully saturated rings. The van der Waals surface area contributed by atoms with Gasteiger partial charge in [-0.1, -0.05) is 6.07 Å². The number of nitrogens with zero attached hydrogens (tertiary/aromatic N) is 1. The van der Waals surface area contributed by atoms with E-state index in [1.165, 1.54) is 7.11 Å². The first kappa shape index (κ1) is 20.3. The van der Waals surface area contributed by atoms with Gasteiger partial charge in [-0.2, -0.15) is 4.99 Å². The van der Waals surface area contributed by atoms with Crippen molar-refractivity contribution in [3.05, 3.63) is 52.9 Å². The van der Waals surface area contributed by atoms with Gasteiger partial charge in [0.15, 0.2) is 23.3 Å². The number of nitrogens with one attached hydrogen (secondary N) is 1. The number of nitrogens with two attached hydrogens (primary N) is 1. The zero-order valence-corrected chi connectivity index (χ0v) is 16.6. The monoisotopic (exact) mass is 413 g/mol. The molecule has 9 heteroatoms. The van der Waals surface area contributed by atoms with Gasteiger partial charge >= 0.3 is 0 Å². The van der Waals surface area contributed by atoms with Crippen LogP contribution in [0, 0.1) is 0 Å². The molecule has 0 atom stereocenters. The molecule has 150 valence electrons. The zero-order valence-electron chi connectivity index (χ0n) is 15.8. The summed E-state index contributed by atoms with van der Waals surface area (Å²) in [6.07, 6.45) is 1.67. The fourth-order valence-corrected chi connectivity index (χ4v) is 3.17. The van der Waals surface area contributed by atoms with Crippen molar-refractivity contribution >= 4 is 40.5 Å². The third-order valence-electron chi connectivity index (χ3n) is 3.86. The van der Waals surface area contributed by atoms with E-state index in [9.17, 15) is 9.59 Å². The first-order valence-corrected chi connectivity index (χ1v) is 9.33. The van der Waals surface area contributed by atoms with E-state index in [2.05, 4.69) is 10.3 Å². The predicted molar refractivity (Wildman–Crippen MR) is 112 cm³/mol. The van der Waals surface area contributed by atoms with E-state index in [0.717, 1.165) is 17.3 Å². The van der Waals surface area contributed by atoms with Crippen LogP contribution in [-0.4, -0.2) is 37.8 Å². The lowest BCUT2D eigenvalue weighted by atomic mass is 10.2. The highest BCUT2D eigenvalue weighted by Gasteiger charge is 2.19. The average Bonchev–Trinajstić information content (AvgIpc) is 3.04. The molecule has 0 aromatic heterocycles. The molecular formula is C20H19N3O5S. The van der Waals surface area contributed by atoms with Crippen molar-refractivity contribution in [3.63, 3.8) is 0 Å². The van der Waals surface area contributed by atoms with Crippen molar-refractivity contribution in [2.45, 2.75) is 0 Å². The fraction of sp³-hybridized carbons (Fsp3) is 0.150.